The Hall–Kier alpha value is -6.84. The first kappa shape index (κ1) is 33.5. The molecule has 57 heavy (non-hydrogen) atoms. The van der Waals surface area contributed by atoms with Gasteiger partial charge in [-0.3, -0.25) is 0 Å². The van der Waals surface area contributed by atoms with E-state index in [1.807, 2.05) is 0 Å². The molecule has 2 aliphatic carbocycles. The van der Waals surface area contributed by atoms with Crippen LogP contribution in [0, 0.1) is 0 Å². The van der Waals surface area contributed by atoms with E-state index in [9.17, 15) is 0 Å². The van der Waals surface area contributed by atoms with Gasteiger partial charge in [-0.25, -0.2) is 0 Å². The Morgan fingerprint density at radius 1 is 0.368 bits per heavy atom. The number of fused-ring (bicyclic) bond motifs is 9. The summed E-state index contributed by atoms with van der Waals surface area (Å²) in [5.41, 5.74) is 13.8. The maximum absolute atomic E-state index is 7.12. The minimum Gasteiger partial charge on any atom is -0.455 e. The third-order valence-corrected chi connectivity index (χ3v) is 12.6. The fourth-order valence-corrected chi connectivity index (χ4v) is 9.86. The van der Waals surface area contributed by atoms with Gasteiger partial charge in [0.2, 0.25) is 0 Å². The van der Waals surface area contributed by atoms with Crippen molar-refractivity contribution < 1.29 is 4.42 Å². The lowest BCUT2D eigenvalue weighted by molar-refractivity contribution is 0.592. The molecule has 0 atom stereocenters. The summed E-state index contributed by atoms with van der Waals surface area (Å²) in [7, 11) is 0. The number of hydrogen-bond acceptors (Lipinski definition) is 3. The lowest BCUT2D eigenvalue weighted by atomic mass is 9.74. The zero-order chi connectivity index (χ0) is 38.5. The van der Waals surface area contributed by atoms with E-state index in [4.69, 9.17) is 4.42 Å². The van der Waals surface area contributed by atoms with Crippen molar-refractivity contribution in [2.24, 2.45) is 0 Å². The van der Waals surface area contributed by atoms with E-state index in [1.54, 1.807) is 0 Å². The van der Waals surface area contributed by atoms with E-state index in [1.165, 1.54) is 54.9 Å². The van der Waals surface area contributed by atoms with E-state index in [2.05, 4.69) is 219 Å². The van der Waals surface area contributed by atoms with E-state index in [0.717, 1.165) is 45.6 Å². The van der Waals surface area contributed by atoms with Crippen LogP contribution >= 0.6 is 0 Å². The molecule has 9 aromatic rings. The van der Waals surface area contributed by atoms with Crippen molar-refractivity contribution in [3.63, 3.8) is 0 Å². The largest absolute Gasteiger partial charge is 0.455 e. The molecule has 274 valence electrons. The number of benzene rings is 8. The van der Waals surface area contributed by atoms with Gasteiger partial charge >= 0.3 is 0 Å². The van der Waals surface area contributed by atoms with Crippen LogP contribution in [0.5, 0.6) is 0 Å². The molecule has 0 amide bonds. The molecule has 0 bridgehead atoms. The van der Waals surface area contributed by atoms with Gasteiger partial charge in [0.25, 0.3) is 0 Å². The van der Waals surface area contributed by atoms with Crippen LogP contribution in [0.15, 0.2) is 186 Å². The van der Waals surface area contributed by atoms with E-state index in [0.29, 0.717) is 0 Å². The third-order valence-electron chi connectivity index (χ3n) is 12.6. The summed E-state index contributed by atoms with van der Waals surface area (Å²) in [6.45, 7) is 9.52. The Balaban J connectivity index is 1.03. The minimum atomic E-state index is -0.292. The highest BCUT2D eigenvalue weighted by atomic mass is 16.3. The van der Waals surface area contributed by atoms with Gasteiger partial charge in [0.05, 0.1) is 11.4 Å². The van der Waals surface area contributed by atoms with Gasteiger partial charge < -0.3 is 14.2 Å². The molecule has 3 heteroatoms. The summed E-state index contributed by atoms with van der Waals surface area (Å²) < 4.78 is 7.12. The first-order valence-electron chi connectivity index (χ1n) is 19.9. The highest BCUT2D eigenvalue weighted by Gasteiger charge is 2.50. The van der Waals surface area contributed by atoms with Crippen molar-refractivity contribution in [3.8, 4) is 22.6 Å². The van der Waals surface area contributed by atoms with Gasteiger partial charge in [-0.05, 0) is 94.7 Å². The second-order valence-electron chi connectivity index (χ2n) is 16.6. The van der Waals surface area contributed by atoms with Crippen LogP contribution in [0.4, 0.5) is 34.1 Å². The number of rotatable bonds is 6. The number of hydrogen-bond donors (Lipinski definition) is 0. The summed E-state index contributed by atoms with van der Waals surface area (Å²) in [4.78, 5) is 4.80. The Bertz CT molecular complexity index is 2810. The van der Waals surface area contributed by atoms with Gasteiger partial charge in [-0.2, -0.15) is 0 Å². The summed E-state index contributed by atoms with van der Waals surface area (Å²) in [5, 5.41) is 4.89. The SMILES string of the molecule is CC1(C)c2cc(N(c3ccccc3)c3cccc4ccccc34)ccc2-c2oc3c(c21)C(C)(C)c1cc(N(c2ccccc2)c2cccc4ccccc24)ccc1-3. The van der Waals surface area contributed by atoms with Crippen LogP contribution < -0.4 is 9.80 Å². The standard InChI is InChI=1S/C54H42N2O/c1-53(2)45-33-39(55(37-21-7-5-8-22-37)47-27-15-19-35-17-11-13-25-41(35)47)29-31-43(45)51-49(53)50-52(57-51)44-32-30-40(34-46(44)54(50,3)4)56(38-23-9-6-10-24-38)48-28-16-20-36-18-12-14-26-42(36)48/h5-34H,1-4H3. The first-order valence-corrected chi connectivity index (χ1v) is 19.9. The number of anilines is 6. The molecule has 8 aromatic carbocycles. The highest BCUT2D eigenvalue weighted by Crippen LogP contribution is 2.62. The van der Waals surface area contributed by atoms with Gasteiger partial charge in [0.15, 0.2) is 0 Å². The van der Waals surface area contributed by atoms with Crippen LogP contribution in [0.25, 0.3) is 44.2 Å². The molecule has 0 N–H and O–H groups in total. The Labute approximate surface area is 334 Å². The monoisotopic (exact) mass is 734 g/mol. The molecular weight excluding hydrogens is 693 g/mol. The molecule has 2 aliphatic rings. The van der Waals surface area contributed by atoms with Gasteiger partial charge in [-0.15, -0.1) is 0 Å². The third kappa shape index (κ3) is 4.91. The van der Waals surface area contributed by atoms with Crippen LogP contribution in [-0.2, 0) is 10.8 Å². The fraction of sp³-hybridized carbons (Fsp3) is 0.111. The summed E-state index contributed by atoms with van der Waals surface area (Å²) >= 11 is 0. The minimum absolute atomic E-state index is 0.292. The van der Waals surface area contributed by atoms with E-state index >= 15 is 0 Å². The van der Waals surface area contributed by atoms with Gasteiger partial charge in [0.1, 0.15) is 11.5 Å². The quantitative estimate of drug-likeness (QED) is 0.170. The molecule has 1 heterocycles. The topological polar surface area (TPSA) is 19.6 Å². The second-order valence-corrected chi connectivity index (χ2v) is 16.6. The maximum Gasteiger partial charge on any atom is 0.139 e. The Kier molecular flexibility index (Phi) is 7.25. The van der Waals surface area contributed by atoms with E-state index in [-0.39, 0.29) is 10.8 Å². The van der Waals surface area contributed by atoms with E-state index < -0.39 is 0 Å². The molecule has 0 saturated heterocycles. The predicted octanol–water partition coefficient (Wildman–Crippen LogP) is 15.1. The van der Waals surface area contributed by atoms with Crippen molar-refractivity contribution >= 4 is 55.7 Å². The summed E-state index contributed by atoms with van der Waals surface area (Å²) in [6, 6.07) is 65.9. The van der Waals surface area contributed by atoms with Crippen molar-refractivity contribution in [2.75, 3.05) is 9.80 Å². The lowest BCUT2D eigenvalue weighted by Gasteiger charge is -2.31. The molecule has 3 nitrogen and oxygen atoms in total. The molecule has 0 aliphatic heterocycles. The predicted molar refractivity (Wildman–Crippen MR) is 238 cm³/mol. The van der Waals surface area contributed by atoms with Crippen LogP contribution in [0.3, 0.4) is 0 Å². The van der Waals surface area contributed by atoms with Crippen molar-refractivity contribution in [1.82, 2.24) is 0 Å². The Morgan fingerprint density at radius 2 is 0.754 bits per heavy atom. The van der Waals surface area contributed by atoms with Gasteiger partial charge in [0, 0.05) is 66.6 Å². The molecule has 0 fully saturated rings. The number of nitrogens with zero attached hydrogens (tertiary/aromatic N) is 2. The molecule has 0 radical (unpaired) electrons. The maximum atomic E-state index is 7.12. The first-order chi connectivity index (χ1) is 27.8. The molecule has 0 spiro atoms. The average Bonchev–Trinajstić information content (AvgIpc) is 3.83. The smallest absolute Gasteiger partial charge is 0.139 e. The van der Waals surface area contributed by atoms with Gasteiger partial charge in [-0.1, -0.05) is 137 Å². The van der Waals surface area contributed by atoms with Crippen molar-refractivity contribution in [3.05, 3.63) is 204 Å². The Morgan fingerprint density at radius 3 is 1.19 bits per heavy atom. The zero-order valence-electron chi connectivity index (χ0n) is 32.6. The zero-order valence-corrected chi connectivity index (χ0v) is 32.6. The molecule has 0 unspecified atom stereocenters. The second kappa shape index (κ2) is 12.3. The fourth-order valence-electron chi connectivity index (χ4n) is 9.86. The molecule has 0 saturated carbocycles. The van der Waals surface area contributed by atoms with Crippen molar-refractivity contribution in [1.29, 1.82) is 0 Å². The number of para-hydroxylation sites is 2. The summed E-state index contributed by atoms with van der Waals surface area (Å²) in [5.74, 6) is 2.01. The molecule has 11 rings (SSSR count). The van der Waals surface area contributed by atoms with Crippen LogP contribution in [-0.4, -0.2) is 0 Å². The summed E-state index contributed by atoms with van der Waals surface area (Å²) in [6.07, 6.45) is 0. The molecule has 1 aromatic heterocycles. The average molecular weight is 735 g/mol. The van der Waals surface area contributed by atoms with Crippen LogP contribution in [0.2, 0.25) is 0 Å². The normalized spacial score (nSPS) is 14.2. The molecular formula is C54H42N2O. The highest BCUT2D eigenvalue weighted by molar-refractivity contribution is 6.01. The van der Waals surface area contributed by atoms with Crippen LogP contribution in [0.1, 0.15) is 49.9 Å². The lowest BCUT2D eigenvalue weighted by Crippen LogP contribution is -2.23. The van der Waals surface area contributed by atoms with Crippen molar-refractivity contribution in [2.45, 2.75) is 38.5 Å². The number of furan rings is 1.